The van der Waals surface area contributed by atoms with Crippen LogP contribution < -0.4 is 11.3 Å². The second-order valence-corrected chi connectivity index (χ2v) is 6.37. The molecule has 0 aliphatic heterocycles. The zero-order valence-corrected chi connectivity index (χ0v) is 12.7. The Balaban J connectivity index is 2.11. The molecule has 0 aliphatic carbocycles. The molecule has 2 rings (SSSR count). The number of nitrogens with one attached hydrogen (secondary N) is 1. The Hall–Kier alpha value is -0.680. The molecule has 4 heteroatoms. The van der Waals surface area contributed by atoms with E-state index in [4.69, 9.17) is 5.84 Å². The lowest BCUT2D eigenvalue weighted by Crippen LogP contribution is -2.29. The number of hydrazine groups is 1. The molecular formula is C14H17BrN2S. The first-order valence-corrected chi connectivity index (χ1v) is 7.63. The van der Waals surface area contributed by atoms with Gasteiger partial charge in [0.05, 0.1) is 6.04 Å². The number of rotatable bonds is 5. The van der Waals surface area contributed by atoms with Gasteiger partial charge in [0.25, 0.3) is 0 Å². The van der Waals surface area contributed by atoms with Gasteiger partial charge in [-0.25, -0.2) is 0 Å². The lowest BCUT2D eigenvalue weighted by atomic mass is 10.0. The van der Waals surface area contributed by atoms with Gasteiger partial charge in [0.1, 0.15) is 0 Å². The van der Waals surface area contributed by atoms with Gasteiger partial charge in [-0.3, -0.25) is 11.3 Å². The topological polar surface area (TPSA) is 38.0 Å². The molecule has 2 nitrogen and oxygen atoms in total. The number of aryl methyl sites for hydroxylation is 1. The van der Waals surface area contributed by atoms with Gasteiger partial charge in [-0.05, 0) is 36.2 Å². The molecule has 1 unspecified atom stereocenters. The smallest absolute Gasteiger partial charge is 0.0508 e. The van der Waals surface area contributed by atoms with Crippen LogP contribution in [0.4, 0.5) is 0 Å². The molecular weight excluding hydrogens is 308 g/mol. The van der Waals surface area contributed by atoms with E-state index in [1.807, 2.05) is 23.5 Å². The van der Waals surface area contributed by atoms with Crippen molar-refractivity contribution in [1.82, 2.24) is 5.43 Å². The highest BCUT2D eigenvalue weighted by Gasteiger charge is 2.11. The fraction of sp³-hybridized carbons (Fsp3) is 0.286. The quantitative estimate of drug-likeness (QED) is 0.648. The Kier molecular flexibility index (Phi) is 4.95. The van der Waals surface area contributed by atoms with Gasteiger partial charge in [0, 0.05) is 20.6 Å². The molecule has 96 valence electrons. The first-order chi connectivity index (χ1) is 8.72. The van der Waals surface area contributed by atoms with Crippen LogP contribution in [0.25, 0.3) is 0 Å². The van der Waals surface area contributed by atoms with Gasteiger partial charge in [-0.2, -0.15) is 0 Å². The molecule has 3 N–H and O–H groups in total. The van der Waals surface area contributed by atoms with Crippen LogP contribution in [0.2, 0.25) is 0 Å². The summed E-state index contributed by atoms with van der Waals surface area (Å²) < 4.78 is 1.09. The molecule has 1 aromatic heterocycles. The van der Waals surface area contributed by atoms with Crippen LogP contribution in [0.3, 0.4) is 0 Å². The van der Waals surface area contributed by atoms with Crippen molar-refractivity contribution in [3.63, 3.8) is 0 Å². The summed E-state index contributed by atoms with van der Waals surface area (Å²) in [6.07, 6.45) is 2.03. The molecule has 1 aromatic carbocycles. The van der Waals surface area contributed by atoms with Crippen molar-refractivity contribution >= 4 is 27.3 Å². The van der Waals surface area contributed by atoms with E-state index in [-0.39, 0.29) is 6.04 Å². The Morgan fingerprint density at radius 1 is 1.17 bits per heavy atom. The Morgan fingerprint density at radius 2 is 1.83 bits per heavy atom. The van der Waals surface area contributed by atoms with Crippen molar-refractivity contribution in [3.05, 3.63) is 56.2 Å². The zero-order chi connectivity index (χ0) is 13.0. The predicted molar refractivity (Wildman–Crippen MR) is 81.6 cm³/mol. The number of benzene rings is 1. The Labute approximate surface area is 120 Å². The molecule has 0 spiro atoms. The molecule has 0 fully saturated rings. The maximum Gasteiger partial charge on any atom is 0.0508 e. The van der Waals surface area contributed by atoms with Crippen molar-refractivity contribution in [1.29, 1.82) is 0 Å². The zero-order valence-electron chi connectivity index (χ0n) is 10.3. The second-order valence-electron chi connectivity index (χ2n) is 4.20. The second kappa shape index (κ2) is 6.48. The van der Waals surface area contributed by atoms with Crippen molar-refractivity contribution < 1.29 is 0 Å². The SMILES string of the molecule is CCc1ccc(CC(NN)c2ccc(Br)cc2)s1. The van der Waals surface area contributed by atoms with E-state index in [0.29, 0.717) is 0 Å². The first kappa shape index (κ1) is 13.7. The summed E-state index contributed by atoms with van der Waals surface area (Å²) in [7, 11) is 0. The molecule has 1 heterocycles. The van der Waals surface area contributed by atoms with E-state index in [0.717, 1.165) is 17.3 Å². The monoisotopic (exact) mass is 324 g/mol. The summed E-state index contributed by atoms with van der Waals surface area (Å²) in [6.45, 7) is 2.18. The Morgan fingerprint density at radius 3 is 2.39 bits per heavy atom. The Bertz CT molecular complexity index is 493. The first-order valence-electron chi connectivity index (χ1n) is 6.02. The fourth-order valence-corrected chi connectivity index (χ4v) is 3.16. The van der Waals surface area contributed by atoms with Crippen molar-refractivity contribution in [2.45, 2.75) is 25.8 Å². The standard InChI is InChI=1S/C14H17BrN2S/c1-2-12-7-8-13(18-12)9-14(17-16)10-3-5-11(15)6-4-10/h3-8,14,17H,2,9,16H2,1H3. The molecule has 0 radical (unpaired) electrons. The highest BCUT2D eigenvalue weighted by Crippen LogP contribution is 2.24. The van der Waals surface area contributed by atoms with E-state index in [1.54, 1.807) is 0 Å². The van der Waals surface area contributed by atoms with Gasteiger partial charge < -0.3 is 0 Å². The maximum absolute atomic E-state index is 5.67. The third-order valence-corrected chi connectivity index (χ3v) is 4.73. The molecule has 0 bridgehead atoms. The molecule has 18 heavy (non-hydrogen) atoms. The van der Waals surface area contributed by atoms with E-state index in [2.05, 4.69) is 52.5 Å². The summed E-state index contributed by atoms with van der Waals surface area (Å²) in [4.78, 5) is 2.80. The van der Waals surface area contributed by atoms with Gasteiger partial charge in [0.15, 0.2) is 0 Å². The average molecular weight is 325 g/mol. The predicted octanol–water partition coefficient (Wildman–Crippen LogP) is 3.82. The number of halogens is 1. The van der Waals surface area contributed by atoms with Gasteiger partial charge in [-0.1, -0.05) is 35.0 Å². The summed E-state index contributed by atoms with van der Waals surface area (Å²) in [5.74, 6) is 5.67. The van der Waals surface area contributed by atoms with Crippen LogP contribution in [0.15, 0.2) is 40.9 Å². The number of hydrogen-bond acceptors (Lipinski definition) is 3. The van der Waals surface area contributed by atoms with Crippen molar-refractivity contribution in [2.75, 3.05) is 0 Å². The van der Waals surface area contributed by atoms with Crippen molar-refractivity contribution in [2.24, 2.45) is 5.84 Å². The third-order valence-electron chi connectivity index (χ3n) is 2.94. The van der Waals surface area contributed by atoms with Gasteiger partial charge in [0.2, 0.25) is 0 Å². The van der Waals surface area contributed by atoms with Crippen LogP contribution >= 0.6 is 27.3 Å². The molecule has 1 atom stereocenters. The molecule has 0 amide bonds. The van der Waals surface area contributed by atoms with Crippen LogP contribution in [0.5, 0.6) is 0 Å². The van der Waals surface area contributed by atoms with E-state index in [9.17, 15) is 0 Å². The van der Waals surface area contributed by atoms with Crippen LogP contribution in [-0.2, 0) is 12.8 Å². The largest absolute Gasteiger partial charge is 0.271 e. The summed E-state index contributed by atoms with van der Waals surface area (Å²) in [5.41, 5.74) is 4.12. The van der Waals surface area contributed by atoms with E-state index >= 15 is 0 Å². The minimum Gasteiger partial charge on any atom is -0.271 e. The highest BCUT2D eigenvalue weighted by molar-refractivity contribution is 9.10. The molecule has 0 saturated heterocycles. The number of thiophene rings is 1. The molecule has 2 aromatic rings. The lowest BCUT2D eigenvalue weighted by molar-refractivity contribution is 0.555. The van der Waals surface area contributed by atoms with E-state index in [1.165, 1.54) is 15.3 Å². The minimum atomic E-state index is 0.168. The minimum absolute atomic E-state index is 0.168. The third kappa shape index (κ3) is 3.42. The van der Waals surface area contributed by atoms with Gasteiger partial charge in [-0.15, -0.1) is 11.3 Å². The fourth-order valence-electron chi connectivity index (χ4n) is 1.89. The van der Waals surface area contributed by atoms with Gasteiger partial charge >= 0.3 is 0 Å². The summed E-state index contributed by atoms with van der Waals surface area (Å²) in [6, 6.07) is 12.9. The molecule has 0 aliphatic rings. The molecule has 0 saturated carbocycles. The summed E-state index contributed by atoms with van der Waals surface area (Å²) >= 11 is 5.32. The average Bonchev–Trinajstić information content (AvgIpc) is 2.85. The van der Waals surface area contributed by atoms with Crippen LogP contribution in [0.1, 0.15) is 28.3 Å². The van der Waals surface area contributed by atoms with Crippen LogP contribution in [-0.4, -0.2) is 0 Å². The number of hydrogen-bond donors (Lipinski definition) is 2. The lowest BCUT2D eigenvalue weighted by Gasteiger charge is -2.15. The maximum atomic E-state index is 5.67. The van der Waals surface area contributed by atoms with Crippen LogP contribution in [0, 0.1) is 0 Å². The van der Waals surface area contributed by atoms with Crippen molar-refractivity contribution in [3.8, 4) is 0 Å². The normalized spacial score (nSPS) is 12.6. The summed E-state index contributed by atoms with van der Waals surface area (Å²) in [5, 5.41) is 0. The number of nitrogens with two attached hydrogens (primary N) is 1. The van der Waals surface area contributed by atoms with E-state index < -0.39 is 0 Å². The highest BCUT2D eigenvalue weighted by atomic mass is 79.9.